The number of rotatable bonds is 30. The summed E-state index contributed by atoms with van der Waals surface area (Å²) in [5.41, 5.74) is 2.78. The van der Waals surface area contributed by atoms with E-state index in [-0.39, 0.29) is 17.0 Å². The first kappa shape index (κ1) is 37.7. The van der Waals surface area contributed by atoms with Crippen LogP contribution in [0.2, 0.25) is 0 Å². The van der Waals surface area contributed by atoms with Gasteiger partial charge in [-0.1, -0.05) is 181 Å². The van der Waals surface area contributed by atoms with Crippen LogP contribution in [0.3, 0.4) is 0 Å². The van der Waals surface area contributed by atoms with Crippen molar-refractivity contribution in [3.05, 3.63) is 17.7 Å². The molecule has 0 aromatic carbocycles. The minimum absolute atomic E-state index is 0. The lowest BCUT2D eigenvalue weighted by atomic mass is 10.0. The number of aryl methyl sites for hydroxylation is 2. The largest absolute Gasteiger partial charge is 0.348 e. The quantitative estimate of drug-likeness (QED) is 0.0878. The van der Waals surface area contributed by atoms with Crippen LogP contribution in [0.5, 0.6) is 0 Å². The average molecular weight is 598 g/mol. The number of aromatic nitrogens is 2. The van der Waals surface area contributed by atoms with E-state index in [0.717, 1.165) is 0 Å². The van der Waals surface area contributed by atoms with Crippen molar-refractivity contribution < 1.29 is 0 Å². The van der Waals surface area contributed by atoms with Crippen molar-refractivity contribution in [2.45, 2.75) is 206 Å². The maximum Gasteiger partial charge on any atom is 0.0925 e. The number of hydrogen-bond donors (Lipinski definition) is 1. The predicted octanol–water partition coefficient (Wildman–Crippen LogP) is 13.0. The van der Waals surface area contributed by atoms with Gasteiger partial charge in [-0.3, -0.25) is 0 Å². The molecular weight excluding hydrogens is 528 g/mol. The van der Waals surface area contributed by atoms with Gasteiger partial charge in [0.05, 0.1) is 12.0 Å². The Bertz CT molecular complexity index is 509. The van der Waals surface area contributed by atoms with Crippen molar-refractivity contribution in [2.75, 3.05) is 0 Å². The van der Waals surface area contributed by atoms with E-state index in [1.807, 2.05) is 6.33 Å². The molecule has 0 amide bonds. The summed E-state index contributed by atoms with van der Waals surface area (Å²) in [4.78, 5) is 8.09. The van der Waals surface area contributed by atoms with Crippen molar-refractivity contribution in [3.8, 4) is 0 Å². The molecule has 38 heavy (non-hydrogen) atoms. The molecule has 0 radical (unpaired) electrons. The van der Waals surface area contributed by atoms with Gasteiger partial charge >= 0.3 is 0 Å². The third kappa shape index (κ3) is 24.7. The van der Waals surface area contributed by atoms with Gasteiger partial charge in [0.25, 0.3) is 0 Å². The number of unbranched alkanes of at least 4 members (excludes halogenated alkanes) is 26. The SMILES string of the molecule is Br.CCCCCCCCCCCCCCCCc1nc[nH]c1CCCCCCCCCCCCCCCC. The summed E-state index contributed by atoms with van der Waals surface area (Å²) in [5.74, 6) is 0. The molecule has 0 saturated heterocycles. The van der Waals surface area contributed by atoms with E-state index >= 15 is 0 Å². The lowest BCUT2D eigenvalue weighted by Crippen LogP contribution is -1.95. The molecule has 2 nitrogen and oxygen atoms in total. The maximum atomic E-state index is 4.64. The monoisotopic (exact) mass is 596 g/mol. The topological polar surface area (TPSA) is 28.7 Å². The predicted molar refractivity (Wildman–Crippen MR) is 177 cm³/mol. The molecule has 226 valence electrons. The fraction of sp³-hybridized carbons (Fsp3) is 0.914. The lowest BCUT2D eigenvalue weighted by molar-refractivity contribution is 0.533. The Morgan fingerprint density at radius 2 is 0.711 bits per heavy atom. The molecular formula is C35H69BrN2. The fourth-order valence-electron chi connectivity index (χ4n) is 5.76. The van der Waals surface area contributed by atoms with Crippen LogP contribution >= 0.6 is 17.0 Å². The summed E-state index contributed by atoms with van der Waals surface area (Å²) >= 11 is 0. The highest BCUT2D eigenvalue weighted by Crippen LogP contribution is 2.17. The molecule has 0 unspecified atom stereocenters. The van der Waals surface area contributed by atoms with E-state index in [1.165, 1.54) is 204 Å². The molecule has 1 heterocycles. The van der Waals surface area contributed by atoms with Crippen LogP contribution < -0.4 is 0 Å². The molecule has 1 aromatic rings. The van der Waals surface area contributed by atoms with E-state index in [0.29, 0.717) is 0 Å². The number of aromatic amines is 1. The Kier molecular flexibility index (Phi) is 31.0. The van der Waals surface area contributed by atoms with Gasteiger partial charge in [0.15, 0.2) is 0 Å². The molecule has 0 aliphatic carbocycles. The van der Waals surface area contributed by atoms with Crippen molar-refractivity contribution in [1.29, 1.82) is 0 Å². The van der Waals surface area contributed by atoms with Crippen LogP contribution in [0.4, 0.5) is 0 Å². The van der Waals surface area contributed by atoms with Gasteiger partial charge in [-0.2, -0.15) is 0 Å². The average Bonchev–Trinajstić information content (AvgIpc) is 3.36. The third-order valence-corrected chi connectivity index (χ3v) is 8.35. The second kappa shape index (κ2) is 31.2. The first-order valence-electron chi connectivity index (χ1n) is 17.4. The minimum Gasteiger partial charge on any atom is -0.348 e. The molecule has 0 aliphatic rings. The molecule has 0 fully saturated rings. The van der Waals surface area contributed by atoms with Crippen LogP contribution in [-0.4, -0.2) is 9.97 Å². The molecule has 0 bridgehead atoms. The van der Waals surface area contributed by atoms with Crippen molar-refractivity contribution in [3.63, 3.8) is 0 Å². The van der Waals surface area contributed by atoms with Crippen molar-refractivity contribution in [1.82, 2.24) is 9.97 Å². The zero-order valence-electron chi connectivity index (χ0n) is 26.1. The smallest absolute Gasteiger partial charge is 0.0925 e. The summed E-state index contributed by atoms with van der Waals surface area (Å²) in [6.45, 7) is 4.60. The number of H-pyrrole nitrogens is 1. The summed E-state index contributed by atoms with van der Waals surface area (Å²) < 4.78 is 0. The summed E-state index contributed by atoms with van der Waals surface area (Å²) in [6, 6.07) is 0. The van der Waals surface area contributed by atoms with Gasteiger partial charge in [0, 0.05) is 5.69 Å². The number of imidazole rings is 1. The van der Waals surface area contributed by atoms with Gasteiger partial charge in [0.1, 0.15) is 0 Å². The van der Waals surface area contributed by atoms with E-state index in [9.17, 15) is 0 Å². The molecule has 3 heteroatoms. The second-order valence-electron chi connectivity index (χ2n) is 12.0. The van der Waals surface area contributed by atoms with Crippen molar-refractivity contribution in [2.24, 2.45) is 0 Å². The number of nitrogens with one attached hydrogen (secondary N) is 1. The van der Waals surface area contributed by atoms with Gasteiger partial charge < -0.3 is 4.98 Å². The van der Waals surface area contributed by atoms with Crippen LogP contribution in [0.15, 0.2) is 6.33 Å². The van der Waals surface area contributed by atoms with Crippen LogP contribution in [0.25, 0.3) is 0 Å². The summed E-state index contributed by atoms with van der Waals surface area (Å²) in [7, 11) is 0. The molecule has 0 saturated carbocycles. The van der Waals surface area contributed by atoms with Gasteiger partial charge in [-0.05, 0) is 25.7 Å². The van der Waals surface area contributed by atoms with Gasteiger partial charge in [-0.25, -0.2) is 4.98 Å². The highest BCUT2D eigenvalue weighted by atomic mass is 79.9. The van der Waals surface area contributed by atoms with E-state index < -0.39 is 0 Å². The van der Waals surface area contributed by atoms with E-state index in [1.54, 1.807) is 0 Å². The zero-order chi connectivity index (χ0) is 26.5. The van der Waals surface area contributed by atoms with Gasteiger partial charge in [-0.15, -0.1) is 17.0 Å². The molecule has 0 aliphatic heterocycles. The zero-order valence-corrected chi connectivity index (χ0v) is 27.9. The van der Waals surface area contributed by atoms with E-state index in [4.69, 9.17) is 0 Å². The Morgan fingerprint density at radius 3 is 1.05 bits per heavy atom. The van der Waals surface area contributed by atoms with Crippen molar-refractivity contribution >= 4 is 17.0 Å². The maximum absolute atomic E-state index is 4.64. The fourth-order valence-corrected chi connectivity index (χ4v) is 5.76. The minimum atomic E-state index is 0. The molecule has 0 atom stereocenters. The first-order chi connectivity index (χ1) is 18.4. The summed E-state index contributed by atoms with van der Waals surface area (Å²) in [5, 5.41) is 0. The van der Waals surface area contributed by atoms with Gasteiger partial charge in [0.2, 0.25) is 0 Å². The highest BCUT2D eigenvalue weighted by Gasteiger charge is 2.05. The summed E-state index contributed by atoms with van der Waals surface area (Å²) in [6.07, 6.45) is 44.4. The molecule has 1 rings (SSSR count). The Hall–Kier alpha value is -0.310. The first-order valence-corrected chi connectivity index (χ1v) is 17.4. The van der Waals surface area contributed by atoms with Crippen LogP contribution in [-0.2, 0) is 12.8 Å². The number of hydrogen-bond acceptors (Lipinski definition) is 1. The highest BCUT2D eigenvalue weighted by molar-refractivity contribution is 8.93. The molecule has 1 N–H and O–H groups in total. The Labute approximate surface area is 250 Å². The molecule has 1 aromatic heterocycles. The Balaban J connectivity index is 0.0000137. The normalized spacial score (nSPS) is 11.2. The second-order valence-corrected chi connectivity index (χ2v) is 12.0. The third-order valence-electron chi connectivity index (χ3n) is 8.35. The van der Waals surface area contributed by atoms with Crippen LogP contribution in [0.1, 0.15) is 205 Å². The lowest BCUT2D eigenvalue weighted by Gasteiger charge is -2.05. The van der Waals surface area contributed by atoms with E-state index in [2.05, 4.69) is 23.8 Å². The standard InChI is InChI=1S/C35H68N2.BrH/c1-3-5-7-9-11-13-15-17-19-21-23-25-27-29-31-34-35(37-33-36-34)32-30-28-26-24-22-20-18-16-14-12-10-8-6-4-2;/h33H,3-32H2,1-2H3,(H,36,37);1H. The van der Waals surface area contributed by atoms with Crippen LogP contribution in [0, 0.1) is 0 Å². The molecule has 0 spiro atoms. The number of halogens is 1. The Morgan fingerprint density at radius 1 is 0.421 bits per heavy atom. The number of nitrogens with zero attached hydrogens (tertiary/aromatic N) is 1.